The number of benzene rings is 1. The number of rotatable bonds is 8. The van der Waals surface area contributed by atoms with Gasteiger partial charge in [-0.05, 0) is 63.4 Å². The van der Waals surface area contributed by atoms with Gasteiger partial charge in [-0.25, -0.2) is 13.1 Å². The Morgan fingerprint density at radius 1 is 1.00 bits per heavy atom. The van der Waals surface area contributed by atoms with Crippen LogP contribution in [0.5, 0.6) is 0 Å². The number of piperidine rings is 1. The number of ether oxygens (including phenoxy) is 1. The lowest BCUT2D eigenvalue weighted by molar-refractivity contribution is -0.177. The van der Waals surface area contributed by atoms with Gasteiger partial charge in [0, 0.05) is 30.7 Å². The molecule has 2 bridgehead atoms. The van der Waals surface area contributed by atoms with Crippen molar-refractivity contribution < 1.29 is 17.9 Å². The van der Waals surface area contributed by atoms with Gasteiger partial charge in [-0.15, -0.1) is 0 Å². The Bertz CT molecular complexity index is 978. The minimum Gasteiger partial charge on any atom is -0.363 e. The zero-order valence-electron chi connectivity index (χ0n) is 19.2. The van der Waals surface area contributed by atoms with E-state index in [1.54, 1.807) is 0 Å². The monoisotopic (exact) mass is 473 g/mol. The lowest BCUT2D eigenvalue weighted by Gasteiger charge is -2.50. The van der Waals surface area contributed by atoms with Crippen LogP contribution in [0.25, 0.3) is 0 Å². The van der Waals surface area contributed by atoms with Gasteiger partial charge >= 0.3 is 0 Å². The molecule has 1 aromatic carbocycles. The number of amides is 1. The molecule has 5 fully saturated rings. The number of nitrogens with zero attached hydrogens (tertiary/aromatic N) is 2. The highest BCUT2D eigenvalue weighted by Crippen LogP contribution is 2.46. The Balaban J connectivity index is 1.13. The SMILES string of the molecule is O=C1COC2(C[C@H]3CC[C@@H](C2)N3CC[C@@H](NS(=O)(=O)C2CC2)c2ccccc2)CN1C1CC1. The van der Waals surface area contributed by atoms with Gasteiger partial charge in [0.1, 0.15) is 6.61 Å². The van der Waals surface area contributed by atoms with Gasteiger partial charge < -0.3 is 9.64 Å². The van der Waals surface area contributed by atoms with Crippen LogP contribution in [0.2, 0.25) is 0 Å². The molecule has 0 aromatic heterocycles. The van der Waals surface area contributed by atoms with Crippen molar-refractivity contribution in [3.8, 4) is 0 Å². The zero-order chi connectivity index (χ0) is 22.6. The molecule has 7 nitrogen and oxygen atoms in total. The topological polar surface area (TPSA) is 79.0 Å². The van der Waals surface area contributed by atoms with Crippen molar-refractivity contribution in [1.29, 1.82) is 0 Å². The molecule has 1 amide bonds. The van der Waals surface area contributed by atoms with Gasteiger partial charge in [0.15, 0.2) is 0 Å². The summed E-state index contributed by atoms with van der Waals surface area (Å²) in [6.45, 7) is 1.86. The summed E-state index contributed by atoms with van der Waals surface area (Å²) < 4.78 is 34.7. The third-order valence-electron chi connectivity index (χ3n) is 8.40. The molecule has 1 spiro atoms. The maximum Gasteiger partial charge on any atom is 0.248 e. The van der Waals surface area contributed by atoms with Crippen LogP contribution in [0, 0.1) is 0 Å². The fraction of sp³-hybridized carbons (Fsp3) is 0.720. The first-order valence-electron chi connectivity index (χ1n) is 12.7. The number of carbonyl (C=O) groups excluding carboxylic acids is 1. The van der Waals surface area contributed by atoms with Crippen LogP contribution in [0.3, 0.4) is 0 Å². The van der Waals surface area contributed by atoms with Crippen molar-refractivity contribution in [2.24, 2.45) is 0 Å². The molecular formula is C25H35N3O4S. The molecule has 3 heterocycles. The van der Waals surface area contributed by atoms with Gasteiger partial charge in [0.05, 0.1) is 17.4 Å². The van der Waals surface area contributed by atoms with Crippen LogP contribution in [0.15, 0.2) is 30.3 Å². The number of morpholine rings is 1. The lowest BCUT2D eigenvalue weighted by atomic mass is 9.84. The highest BCUT2D eigenvalue weighted by atomic mass is 32.2. The maximum atomic E-state index is 12.7. The Hall–Kier alpha value is -1.48. The van der Waals surface area contributed by atoms with Gasteiger partial charge in [0.25, 0.3) is 0 Å². The minimum atomic E-state index is -3.26. The number of hydrogen-bond donors (Lipinski definition) is 1. The minimum absolute atomic E-state index is 0.159. The van der Waals surface area contributed by atoms with Crippen LogP contribution in [0.4, 0.5) is 0 Å². The van der Waals surface area contributed by atoms with E-state index in [-0.39, 0.29) is 29.4 Å². The smallest absolute Gasteiger partial charge is 0.248 e. The average Bonchev–Trinajstić information content (AvgIpc) is 3.70. The summed E-state index contributed by atoms with van der Waals surface area (Å²) in [5, 5.41) is -0.213. The van der Waals surface area contributed by atoms with Crippen LogP contribution in [0.1, 0.15) is 69.4 Å². The Kier molecular flexibility index (Phi) is 5.55. The summed E-state index contributed by atoms with van der Waals surface area (Å²) in [5.41, 5.74) is 0.849. The number of sulfonamides is 1. The van der Waals surface area contributed by atoms with Gasteiger partial charge in [-0.1, -0.05) is 30.3 Å². The third-order valence-corrected chi connectivity index (χ3v) is 10.4. The number of nitrogens with one attached hydrogen (secondary N) is 1. The largest absolute Gasteiger partial charge is 0.363 e. The molecule has 2 saturated carbocycles. The van der Waals surface area contributed by atoms with E-state index >= 15 is 0 Å². The second-order valence-electron chi connectivity index (χ2n) is 10.9. The number of carbonyl (C=O) groups is 1. The molecule has 0 radical (unpaired) electrons. The molecule has 1 unspecified atom stereocenters. The van der Waals surface area contributed by atoms with Crippen molar-refractivity contribution in [2.75, 3.05) is 19.7 Å². The standard InChI is InChI=1S/C25H35N3O4S/c29-24-16-32-25(17-28(24)19-6-7-19)14-20-8-9-21(15-25)27(20)13-12-23(18-4-2-1-3-5-18)26-33(30,31)22-10-11-22/h1-5,19-23,26H,6-17H2/t20-,21+,23-,25?/m1/s1. The van der Waals surface area contributed by atoms with Gasteiger partial charge in [-0.2, -0.15) is 0 Å². The summed E-state index contributed by atoms with van der Waals surface area (Å²) in [4.78, 5) is 17.1. The van der Waals surface area contributed by atoms with Crippen LogP contribution in [-0.4, -0.2) is 72.8 Å². The van der Waals surface area contributed by atoms with Crippen molar-refractivity contribution in [1.82, 2.24) is 14.5 Å². The van der Waals surface area contributed by atoms with Crippen molar-refractivity contribution >= 4 is 15.9 Å². The zero-order valence-corrected chi connectivity index (χ0v) is 20.0. The molecule has 5 aliphatic rings. The summed E-state index contributed by atoms with van der Waals surface area (Å²) >= 11 is 0. The summed E-state index contributed by atoms with van der Waals surface area (Å²) in [6, 6.07) is 11.1. The predicted molar refractivity (Wildman–Crippen MR) is 125 cm³/mol. The molecule has 3 saturated heterocycles. The first-order chi connectivity index (χ1) is 15.9. The van der Waals surface area contributed by atoms with E-state index in [1.165, 1.54) is 0 Å². The summed E-state index contributed by atoms with van der Waals surface area (Å²) in [6.07, 6.45) is 8.87. The van der Waals surface area contributed by atoms with Gasteiger partial charge in [-0.3, -0.25) is 9.69 Å². The second-order valence-corrected chi connectivity index (χ2v) is 12.9. The highest BCUT2D eigenvalue weighted by molar-refractivity contribution is 7.90. The van der Waals surface area contributed by atoms with E-state index in [2.05, 4.69) is 14.5 Å². The van der Waals surface area contributed by atoms with Crippen LogP contribution >= 0.6 is 0 Å². The molecule has 2 aliphatic carbocycles. The molecule has 180 valence electrons. The van der Waals surface area contributed by atoms with E-state index in [9.17, 15) is 13.2 Å². The molecule has 33 heavy (non-hydrogen) atoms. The fourth-order valence-corrected chi connectivity index (χ4v) is 8.00. The Morgan fingerprint density at radius 3 is 2.30 bits per heavy atom. The maximum absolute atomic E-state index is 12.7. The number of fused-ring (bicyclic) bond motifs is 2. The predicted octanol–water partition coefficient (Wildman–Crippen LogP) is 2.59. The normalized spacial score (nSPS) is 33.6. The molecule has 3 aliphatic heterocycles. The average molecular weight is 474 g/mol. The quantitative estimate of drug-likeness (QED) is 0.628. The van der Waals surface area contributed by atoms with Crippen molar-refractivity contribution in [2.45, 2.75) is 92.8 Å². The molecule has 8 heteroatoms. The highest BCUT2D eigenvalue weighted by Gasteiger charge is 2.53. The van der Waals surface area contributed by atoms with Crippen molar-refractivity contribution in [3.63, 3.8) is 0 Å². The van der Waals surface area contributed by atoms with Gasteiger partial charge in [0.2, 0.25) is 15.9 Å². The molecule has 1 aromatic rings. The first-order valence-corrected chi connectivity index (χ1v) is 14.2. The van der Waals surface area contributed by atoms with E-state index in [4.69, 9.17) is 4.74 Å². The Morgan fingerprint density at radius 2 is 1.67 bits per heavy atom. The summed E-state index contributed by atoms with van der Waals surface area (Å²) in [5.74, 6) is 0.159. The van der Waals surface area contributed by atoms with E-state index < -0.39 is 10.0 Å². The molecule has 6 rings (SSSR count). The third kappa shape index (κ3) is 4.47. The van der Waals surface area contributed by atoms with E-state index in [1.807, 2.05) is 30.3 Å². The summed E-state index contributed by atoms with van der Waals surface area (Å²) in [7, 11) is -3.26. The molecular weight excluding hydrogens is 438 g/mol. The lowest BCUT2D eigenvalue weighted by Crippen LogP contribution is -2.61. The van der Waals surface area contributed by atoms with Crippen molar-refractivity contribution in [3.05, 3.63) is 35.9 Å². The Labute approximate surface area is 196 Å². The first kappa shape index (κ1) is 22.0. The molecule has 4 atom stereocenters. The van der Waals surface area contributed by atoms with Crippen LogP contribution in [-0.2, 0) is 19.6 Å². The van der Waals surface area contributed by atoms with E-state index in [0.29, 0.717) is 18.1 Å². The molecule has 1 N–H and O–H groups in total. The van der Waals surface area contributed by atoms with E-state index in [0.717, 1.165) is 76.4 Å². The number of hydrogen-bond acceptors (Lipinski definition) is 5. The fourth-order valence-electron chi connectivity index (χ4n) is 6.40. The van der Waals surface area contributed by atoms with Crippen LogP contribution < -0.4 is 4.72 Å². The second kappa shape index (κ2) is 8.33.